The van der Waals surface area contributed by atoms with E-state index in [2.05, 4.69) is 18.0 Å². The molecule has 0 fully saturated rings. The molecule has 0 aliphatic carbocycles. The molecule has 0 amide bonds. The van der Waals surface area contributed by atoms with E-state index in [9.17, 15) is 0 Å². The van der Waals surface area contributed by atoms with Gasteiger partial charge in [-0.05, 0) is 30.2 Å². The van der Waals surface area contributed by atoms with Crippen molar-refractivity contribution < 1.29 is 9.47 Å². The molecular weight excluding hydrogens is 226 g/mol. The van der Waals surface area contributed by atoms with Crippen LogP contribution in [0, 0.1) is 6.07 Å². The molecule has 0 N–H and O–H groups in total. The van der Waals surface area contributed by atoms with Gasteiger partial charge in [0, 0.05) is 24.0 Å². The number of ether oxygens (including phenoxy) is 2. The highest BCUT2D eigenvalue weighted by atomic mass is 16.5. The molecule has 0 saturated carbocycles. The molecular formula is C15H16NO2. The number of hydrogen-bond donors (Lipinski definition) is 0. The molecule has 0 unspecified atom stereocenters. The quantitative estimate of drug-likeness (QED) is 0.805. The molecule has 0 saturated heterocycles. The maximum absolute atomic E-state index is 5.68. The van der Waals surface area contributed by atoms with Crippen LogP contribution in [0.25, 0.3) is 11.1 Å². The van der Waals surface area contributed by atoms with Gasteiger partial charge in [0.05, 0.1) is 13.7 Å². The average molecular weight is 242 g/mol. The van der Waals surface area contributed by atoms with Crippen molar-refractivity contribution in [3.63, 3.8) is 0 Å². The SMILES string of the molecule is CCCOc1cc(-c2c[c]cnc2)ccc1OC. The van der Waals surface area contributed by atoms with Gasteiger partial charge < -0.3 is 9.47 Å². The van der Waals surface area contributed by atoms with Crippen LogP contribution in [0.4, 0.5) is 0 Å². The Labute approximate surface area is 107 Å². The van der Waals surface area contributed by atoms with Crippen LogP contribution in [0.5, 0.6) is 11.5 Å². The minimum Gasteiger partial charge on any atom is -0.493 e. The highest BCUT2D eigenvalue weighted by Gasteiger charge is 2.06. The minimum atomic E-state index is 0.680. The van der Waals surface area contributed by atoms with Crippen molar-refractivity contribution >= 4 is 0 Å². The van der Waals surface area contributed by atoms with E-state index in [0.717, 1.165) is 29.0 Å². The molecule has 3 nitrogen and oxygen atoms in total. The van der Waals surface area contributed by atoms with Crippen LogP contribution in [0.1, 0.15) is 13.3 Å². The number of pyridine rings is 1. The summed E-state index contributed by atoms with van der Waals surface area (Å²) >= 11 is 0. The van der Waals surface area contributed by atoms with Gasteiger partial charge in [0.1, 0.15) is 0 Å². The van der Waals surface area contributed by atoms with Crippen LogP contribution >= 0.6 is 0 Å². The van der Waals surface area contributed by atoms with Gasteiger partial charge >= 0.3 is 0 Å². The predicted molar refractivity (Wildman–Crippen MR) is 70.8 cm³/mol. The van der Waals surface area contributed by atoms with E-state index in [4.69, 9.17) is 9.47 Å². The Morgan fingerprint density at radius 3 is 2.78 bits per heavy atom. The van der Waals surface area contributed by atoms with E-state index < -0.39 is 0 Å². The van der Waals surface area contributed by atoms with Crippen LogP contribution < -0.4 is 9.47 Å². The molecule has 1 aromatic heterocycles. The van der Waals surface area contributed by atoms with Crippen molar-refractivity contribution in [1.29, 1.82) is 0 Å². The van der Waals surface area contributed by atoms with Crippen LogP contribution in [0.3, 0.4) is 0 Å². The first-order chi connectivity index (χ1) is 8.85. The fourth-order valence-electron chi connectivity index (χ4n) is 1.66. The number of rotatable bonds is 5. The van der Waals surface area contributed by atoms with Crippen molar-refractivity contribution in [2.24, 2.45) is 0 Å². The molecule has 0 spiro atoms. The van der Waals surface area contributed by atoms with E-state index >= 15 is 0 Å². The van der Waals surface area contributed by atoms with E-state index in [1.807, 2.05) is 30.5 Å². The molecule has 1 radical (unpaired) electrons. The topological polar surface area (TPSA) is 31.4 Å². The fourth-order valence-corrected chi connectivity index (χ4v) is 1.66. The third-order valence-corrected chi connectivity index (χ3v) is 2.56. The third-order valence-electron chi connectivity index (χ3n) is 2.56. The third kappa shape index (κ3) is 2.80. The monoisotopic (exact) mass is 242 g/mol. The van der Waals surface area contributed by atoms with Crippen LogP contribution in [-0.4, -0.2) is 18.7 Å². The lowest BCUT2D eigenvalue weighted by Crippen LogP contribution is -1.98. The van der Waals surface area contributed by atoms with Crippen molar-refractivity contribution in [2.45, 2.75) is 13.3 Å². The van der Waals surface area contributed by atoms with Crippen LogP contribution in [-0.2, 0) is 0 Å². The zero-order valence-electron chi connectivity index (χ0n) is 10.6. The first-order valence-corrected chi connectivity index (χ1v) is 5.97. The maximum atomic E-state index is 5.68. The summed E-state index contributed by atoms with van der Waals surface area (Å²) in [6, 6.07) is 10.7. The molecule has 1 aromatic carbocycles. The number of methoxy groups -OCH3 is 1. The first kappa shape index (κ1) is 12.4. The Kier molecular flexibility index (Phi) is 4.18. The number of hydrogen-bond acceptors (Lipinski definition) is 3. The fraction of sp³-hybridized carbons (Fsp3) is 0.267. The second-order valence-electron chi connectivity index (χ2n) is 3.89. The Bertz CT molecular complexity index is 497. The molecule has 0 aliphatic heterocycles. The number of benzene rings is 1. The Morgan fingerprint density at radius 1 is 1.22 bits per heavy atom. The first-order valence-electron chi connectivity index (χ1n) is 5.97. The van der Waals surface area contributed by atoms with Crippen LogP contribution in [0.2, 0.25) is 0 Å². The Balaban J connectivity index is 2.33. The van der Waals surface area contributed by atoms with E-state index in [0.29, 0.717) is 6.61 Å². The van der Waals surface area contributed by atoms with Crippen LogP contribution in [0.15, 0.2) is 36.7 Å². The molecule has 0 atom stereocenters. The lowest BCUT2D eigenvalue weighted by molar-refractivity contribution is 0.294. The Morgan fingerprint density at radius 2 is 2.11 bits per heavy atom. The second-order valence-corrected chi connectivity index (χ2v) is 3.89. The number of nitrogens with zero attached hydrogens (tertiary/aromatic N) is 1. The number of aromatic nitrogens is 1. The average Bonchev–Trinajstić information content (AvgIpc) is 2.45. The van der Waals surface area contributed by atoms with Crippen molar-refractivity contribution in [1.82, 2.24) is 4.98 Å². The summed E-state index contributed by atoms with van der Waals surface area (Å²) in [5.41, 5.74) is 2.06. The minimum absolute atomic E-state index is 0.680. The van der Waals surface area contributed by atoms with Gasteiger partial charge in [-0.1, -0.05) is 13.0 Å². The van der Waals surface area contributed by atoms with E-state index in [-0.39, 0.29) is 0 Å². The summed E-state index contributed by atoms with van der Waals surface area (Å²) in [5, 5.41) is 0. The summed E-state index contributed by atoms with van der Waals surface area (Å²) in [6.45, 7) is 2.76. The maximum Gasteiger partial charge on any atom is 0.161 e. The highest BCUT2D eigenvalue weighted by molar-refractivity contribution is 5.66. The molecule has 3 heteroatoms. The zero-order chi connectivity index (χ0) is 12.8. The van der Waals surface area contributed by atoms with Gasteiger partial charge in [0.25, 0.3) is 0 Å². The lowest BCUT2D eigenvalue weighted by Gasteiger charge is -2.11. The molecule has 1 heterocycles. The van der Waals surface area contributed by atoms with Gasteiger partial charge in [-0.2, -0.15) is 0 Å². The predicted octanol–water partition coefficient (Wildman–Crippen LogP) is 3.35. The summed E-state index contributed by atoms with van der Waals surface area (Å²) < 4.78 is 11.0. The van der Waals surface area contributed by atoms with Crippen molar-refractivity contribution in [2.75, 3.05) is 13.7 Å². The van der Waals surface area contributed by atoms with Gasteiger partial charge in [0.2, 0.25) is 0 Å². The molecule has 93 valence electrons. The van der Waals surface area contributed by atoms with Gasteiger partial charge in [-0.3, -0.25) is 4.98 Å². The van der Waals surface area contributed by atoms with Crippen molar-refractivity contribution in [3.05, 3.63) is 42.7 Å². The molecule has 18 heavy (non-hydrogen) atoms. The molecule has 2 rings (SSSR count). The van der Waals surface area contributed by atoms with Crippen molar-refractivity contribution in [3.8, 4) is 22.6 Å². The lowest BCUT2D eigenvalue weighted by atomic mass is 10.1. The standard InChI is InChI=1S/C15H16NO2/c1-3-9-18-15-10-12(6-7-14(15)17-2)13-5-4-8-16-11-13/h5-8,10-11H,3,9H2,1-2H3. The molecule has 2 aromatic rings. The summed E-state index contributed by atoms with van der Waals surface area (Å²) in [5.74, 6) is 1.51. The largest absolute Gasteiger partial charge is 0.493 e. The van der Waals surface area contributed by atoms with Gasteiger partial charge in [-0.15, -0.1) is 0 Å². The Hall–Kier alpha value is -2.03. The summed E-state index contributed by atoms with van der Waals surface area (Å²) in [7, 11) is 1.64. The molecule has 0 bridgehead atoms. The zero-order valence-corrected chi connectivity index (χ0v) is 10.6. The second kappa shape index (κ2) is 6.05. The van der Waals surface area contributed by atoms with Gasteiger partial charge in [0.15, 0.2) is 11.5 Å². The highest BCUT2D eigenvalue weighted by Crippen LogP contribution is 2.32. The smallest absolute Gasteiger partial charge is 0.161 e. The normalized spacial score (nSPS) is 10.1. The van der Waals surface area contributed by atoms with E-state index in [1.54, 1.807) is 13.3 Å². The summed E-state index contributed by atoms with van der Waals surface area (Å²) in [4.78, 5) is 4.07. The van der Waals surface area contributed by atoms with E-state index in [1.165, 1.54) is 0 Å². The molecule has 0 aliphatic rings. The van der Waals surface area contributed by atoms with Gasteiger partial charge in [-0.25, -0.2) is 0 Å². The summed E-state index contributed by atoms with van der Waals surface area (Å²) in [6.07, 6.45) is 4.41.